The van der Waals surface area contributed by atoms with E-state index in [4.69, 9.17) is 11.5 Å². The number of nitrogens with one attached hydrogen (secondary N) is 6. The molecule has 12 N–H and O–H groups in total. The second kappa shape index (κ2) is 22.8. The minimum atomic E-state index is -1.54. The van der Waals surface area contributed by atoms with E-state index >= 15 is 0 Å². The van der Waals surface area contributed by atoms with Crippen LogP contribution in [0.25, 0.3) is 0 Å². The molecule has 1 aromatic carbocycles. The molecule has 55 heavy (non-hydrogen) atoms. The molecule has 0 saturated heterocycles. The molecule has 18 heteroatoms. The van der Waals surface area contributed by atoms with Gasteiger partial charge in [0.05, 0.1) is 12.5 Å². The summed E-state index contributed by atoms with van der Waals surface area (Å²) in [6.45, 7) is 13.5. The minimum Gasteiger partial charge on any atom is -0.508 e. The van der Waals surface area contributed by atoms with Gasteiger partial charge >= 0.3 is 5.97 Å². The molecular formula is C37H60N8O10. The van der Waals surface area contributed by atoms with Crippen LogP contribution in [0.2, 0.25) is 0 Å². The van der Waals surface area contributed by atoms with Crippen molar-refractivity contribution in [3.05, 3.63) is 29.8 Å². The molecule has 0 aliphatic heterocycles. The lowest BCUT2D eigenvalue weighted by Crippen LogP contribution is -2.60. The van der Waals surface area contributed by atoms with Crippen LogP contribution in [-0.2, 0) is 44.8 Å². The lowest BCUT2D eigenvalue weighted by Gasteiger charge is -2.29. The third-order valence-corrected chi connectivity index (χ3v) is 8.69. The van der Waals surface area contributed by atoms with Crippen LogP contribution in [0.3, 0.4) is 0 Å². The van der Waals surface area contributed by atoms with Crippen LogP contribution in [0.4, 0.5) is 0 Å². The maximum atomic E-state index is 13.7. The molecule has 0 aliphatic carbocycles. The number of amides is 7. The predicted octanol–water partition coefficient (Wildman–Crippen LogP) is -0.691. The van der Waals surface area contributed by atoms with Crippen molar-refractivity contribution >= 4 is 47.3 Å². The van der Waals surface area contributed by atoms with Crippen LogP contribution >= 0.6 is 0 Å². The number of carbonyl (C=O) groups is 8. The first-order chi connectivity index (χ1) is 25.5. The highest BCUT2D eigenvalue weighted by Gasteiger charge is 2.35. The number of aliphatic carboxylic acids is 1. The van der Waals surface area contributed by atoms with Crippen LogP contribution in [-0.4, -0.2) is 99.8 Å². The van der Waals surface area contributed by atoms with Crippen molar-refractivity contribution in [2.45, 2.75) is 130 Å². The number of primary amides is 1. The summed E-state index contributed by atoms with van der Waals surface area (Å²) >= 11 is 0. The summed E-state index contributed by atoms with van der Waals surface area (Å²) in [5.74, 6) is -7.42. The topological polar surface area (TPSA) is 301 Å². The Balaban J connectivity index is 3.25. The molecule has 0 unspecified atom stereocenters. The number of carboxylic acids is 1. The van der Waals surface area contributed by atoms with Crippen molar-refractivity contribution in [1.82, 2.24) is 31.9 Å². The number of nitrogens with two attached hydrogens (primary N) is 2. The smallest absolute Gasteiger partial charge is 0.305 e. The van der Waals surface area contributed by atoms with E-state index in [1.54, 1.807) is 39.8 Å². The summed E-state index contributed by atoms with van der Waals surface area (Å²) in [5, 5.41) is 34.2. The van der Waals surface area contributed by atoms with Gasteiger partial charge < -0.3 is 53.6 Å². The van der Waals surface area contributed by atoms with Crippen LogP contribution in [0.15, 0.2) is 24.3 Å². The summed E-state index contributed by atoms with van der Waals surface area (Å²) in [6.07, 6.45) is -0.0620. The first kappa shape index (κ1) is 47.8. The molecule has 8 atom stereocenters. The molecule has 0 aromatic heterocycles. The van der Waals surface area contributed by atoms with Crippen LogP contribution in [0, 0.1) is 17.8 Å². The van der Waals surface area contributed by atoms with Gasteiger partial charge in [-0.25, -0.2) is 0 Å². The van der Waals surface area contributed by atoms with Crippen molar-refractivity contribution in [1.29, 1.82) is 0 Å². The Hall–Kier alpha value is -5.26. The number of rotatable bonds is 23. The number of phenolic OH excluding ortho intramolecular Hbond substituents is 1. The molecule has 1 aromatic rings. The van der Waals surface area contributed by atoms with Gasteiger partial charge in [-0.2, -0.15) is 0 Å². The second-order valence-electron chi connectivity index (χ2n) is 14.8. The van der Waals surface area contributed by atoms with Gasteiger partial charge in [-0.3, -0.25) is 38.4 Å². The van der Waals surface area contributed by atoms with Crippen LogP contribution in [0.1, 0.15) is 86.6 Å². The molecule has 308 valence electrons. The summed E-state index contributed by atoms with van der Waals surface area (Å²) in [5.41, 5.74) is 11.7. The highest BCUT2D eigenvalue weighted by Crippen LogP contribution is 2.14. The SMILES string of the molecule is CC[C@@H](C)[C@H](NC(=O)[C@H](CC(C)C)NC(=O)[C@H](CC(=O)O)NC(=O)[C@@H](C)N)C(=O)N[C@@H](C)C(=O)N[C@@H](Cc1ccc(O)cc1)C(=O)N[C@@H](CC(C)C)C(N)=O. The fourth-order valence-electron chi connectivity index (χ4n) is 5.35. The van der Waals surface area contributed by atoms with Crippen molar-refractivity contribution < 1.29 is 48.6 Å². The zero-order chi connectivity index (χ0) is 42.2. The number of aromatic hydroxyl groups is 1. The molecule has 0 bridgehead atoms. The monoisotopic (exact) mass is 776 g/mol. The maximum absolute atomic E-state index is 13.7. The molecule has 0 saturated carbocycles. The zero-order valence-corrected chi connectivity index (χ0v) is 32.9. The standard InChI is InChI=1S/C37H60N8O10/c1-9-20(6)30(45-36(54)26(15-19(4)5)44-35(53)28(17-29(47)48)42-32(50)21(7)38)37(55)40-22(8)33(51)43-27(16-23-10-12-24(46)13-11-23)34(52)41-25(31(39)49)14-18(2)3/h10-13,18-22,25-28,30,46H,9,14-17,38H2,1-8H3,(H2,39,49)(H,40,55)(H,41,52)(H,42,50)(H,43,51)(H,44,53)(H,45,54)(H,47,48)/t20-,21-,22+,25+,26+,27+,28+,30+/m1/s1. The maximum Gasteiger partial charge on any atom is 0.305 e. The molecule has 0 radical (unpaired) electrons. The average molecular weight is 777 g/mol. The lowest BCUT2D eigenvalue weighted by molar-refractivity contribution is -0.141. The molecule has 0 spiro atoms. The van der Waals surface area contributed by atoms with E-state index in [0.717, 1.165) is 0 Å². The van der Waals surface area contributed by atoms with Gasteiger partial charge in [0.15, 0.2) is 0 Å². The van der Waals surface area contributed by atoms with Gasteiger partial charge in [0.25, 0.3) is 0 Å². The summed E-state index contributed by atoms with van der Waals surface area (Å²) < 4.78 is 0. The fourth-order valence-corrected chi connectivity index (χ4v) is 5.35. The highest BCUT2D eigenvalue weighted by atomic mass is 16.4. The van der Waals surface area contributed by atoms with E-state index in [-0.39, 0.29) is 36.8 Å². The molecule has 0 fully saturated rings. The van der Waals surface area contributed by atoms with E-state index in [1.807, 2.05) is 13.8 Å². The molecule has 18 nitrogen and oxygen atoms in total. The molecule has 1 rings (SSSR count). The predicted molar refractivity (Wildman–Crippen MR) is 203 cm³/mol. The second-order valence-corrected chi connectivity index (χ2v) is 14.8. The van der Waals surface area contributed by atoms with E-state index < -0.39 is 102 Å². The van der Waals surface area contributed by atoms with E-state index in [2.05, 4.69) is 31.9 Å². The fraction of sp³-hybridized carbons (Fsp3) is 0.622. The largest absolute Gasteiger partial charge is 0.508 e. The Labute approximate surface area is 322 Å². The van der Waals surface area contributed by atoms with Crippen molar-refractivity contribution in [2.75, 3.05) is 0 Å². The van der Waals surface area contributed by atoms with E-state index in [1.165, 1.54) is 26.0 Å². The molecule has 0 aliphatic rings. The Bertz CT molecular complexity index is 1500. The normalized spacial score (nSPS) is 15.5. The van der Waals surface area contributed by atoms with Crippen molar-refractivity contribution in [3.8, 4) is 5.75 Å². The molecule has 0 heterocycles. The van der Waals surface area contributed by atoms with Crippen molar-refractivity contribution in [3.63, 3.8) is 0 Å². The lowest BCUT2D eigenvalue weighted by atomic mass is 9.96. The summed E-state index contributed by atoms with van der Waals surface area (Å²) in [6, 6.07) is -2.54. The highest BCUT2D eigenvalue weighted by molar-refractivity contribution is 5.97. The first-order valence-corrected chi connectivity index (χ1v) is 18.4. The average Bonchev–Trinajstić information content (AvgIpc) is 3.08. The van der Waals surface area contributed by atoms with Gasteiger partial charge in [-0.1, -0.05) is 60.1 Å². The van der Waals surface area contributed by atoms with Crippen molar-refractivity contribution in [2.24, 2.45) is 29.2 Å². The number of benzene rings is 1. The number of carbonyl (C=O) groups excluding carboxylic acids is 7. The number of phenols is 1. The molecular weight excluding hydrogens is 716 g/mol. The van der Waals surface area contributed by atoms with Gasteiger partial charge in [0.2, 0.25) is 41.4 Å². The third-order valence-electron chi connectivity index (χ3n) is 8.69. The zero-order valence-electron chi connectivity index (χ0n) is 32.9. The van der Waals surface area contributed by atoms with Gasteiger partial charge in [-0.15, -0.1) is 0 Å². The Kier molecular flexibility index (Phi) is 19.8. The van der Waals surface area contributed by atoms with Gasteiger partial charge in [0.1, 0.15) is 42.0 Å². The Morgan fingerprint density at radius 2 is 1.09 bits per heavy atom. The molecule has 7 amide bonds. The van der Waals surface area contributed by atoms with Gasteiger partial charge in [-0.05, 0) is 62.1 Å². The minimum absolute atomic E-state index is 0.00948. The summed E-state index contributed by atoms with van der Waals surface area (Å²) in [4.78, 5) is 103. The van der Waals surface area contributed by atoms with E-state index in [9.17, 15) is 48.6 Å². The van der Waals surface area contributed by atoms with E-state index in [0.29, 0.717) is 12.0 Å². The summed E-state index contributed by atoms with van der Waals surface area (Å²) in [7, 11) is 0. The third kappa shape index (κ3) is 17.2. The number of carboxylic acid groups (broad SMARTS) is 1. The van der Waals surface area contributed by atoms with Crippen LogP contribution in [0.5, 0.6) is 5.75 Å². The first-order valence-electron chi connectivity index (χ1n) is 18.4. The Morgan fingerprint density at radius 3 is 1.58 bits per heavy atom. The quantitative estimate of drug-likeness (QED) is 0.0663. The Morgan fingerprint density at radius 1 is 0.618 bits per heavy atom. The number of hydrogen-bond acceptors (Lipinski definition) is 10. The number of hydrogen-bond donors (Lipinski definition) is 10. The van der Waals surface area contributed by atoms with Crippen LogP contribution < -0.4 is 43.4 Å². The van der Waals surface area contributed by atoms with Gasteiger partial charge in [0, 0.05) is 6.42 Å².